The van der Waals surface area contributed by atoms with Gasteiger partial charge in [0.25, 0.3) is 5.91 Å². The van der Waals surface area contributed by atoms with E-state index >= 15 is 0 Å². The summed E-state index contributed by atoms with van der Waals surface area (Å²) in [6.45, 7) is 4.14. The third kappa shape index (κ3) is 5.95. The second kappa shape index (κ2) is 10.3. The van der Waals surface area contributed by atoms with Crippen LogP contribution in [0.15, 0.2) is 66.7 Å². The average molecular weight is 430 g/mol. The molecule has 3 aromatic rings. The van der Waals surface area contributed by atoms with Crippen LogP contribution in [0, 0.1) is 19.3 Å². The lowest BCUT2D eigenvalue weighted by molar-refractivity contribution is -0.114. The number of carbonyl (C=O) groups excluding carboxylic acids is 2. The monoisotopic (exact) mass is 429 g/mol. The number of carbonyl (C=O) groups is 2. The molecule has 0 aromatic heterocycles. The summed E-state index contributed by atoms with van der Waals surface area (Å²) in [5, 5.41) is 16.6. The van der Waals surface area contributed by atoms with E-state index in [2.05, 4.69) is 16.0 Å². The molecule has 0 radical (unpaired) electrons. The van der Waals surface area contributed by atoms with Crippen molar-refractivity contribution in [1.82, 2.24) is 5.32 Å². The maximum atomic E-state index is 12.5. The Hall–Kier alpha value is -4.13. The van der Waals surface area contributed by atoms with E-state index in [9.17, 15) is 9.59 Å². The maximum absolute atomic E-state index is 12.5. The fraction of sp³-hybridized carbons (Fsp3) is 0.160. The van der Waals surface area contributed by atoms with Crippen LogP contribution in [0.4, 0.5) is 11.4 Å². The predicted molar refractivity (Wildman–Crippen MR) is 128 cm³/mol. The number of aryl methyl sites for hydroxylation is 2. The Morgan fingerprint density at radius 3 is 2.41 bits per heavy atom. The normalized spacial score (nSPS) is 10.3. The van der Waals surface area contributed by atoms with Crippen LogP contribution in [0.2, 0.25) is 0 Å². The summed E-state index contributed by atoms with van der Waals surface area (Å²) in [5.41, 5.74) is 10.9. The number of hydrogen-bond donors (Lipinski definition) is 5. The first-order valence-corrected chi connectivity index (χ1v) is 10.2. The van der Waals surface area contributed by atoms with E-state index in [4.69, 9.17) is 11.1 Å². The van der Waals surface area contributed by atoms with Crippen molar-refractivity contribution >= 4 is 29.0 Å². The lowest BCUT2D eigenvalue weighted by atomic mass is 10.1. The molecule has 7 nitrogen and oxygen atoms in total. The molecule has 7 heteroatoms. The average Bonchev–Trinajstić information content (AvgIpc) is 2.77. The predicted octanol–water partition coefficient (Wildman–Crippen LogP) is 3.57. The number of para-hydroxylation sites is 1. The molecule has 0 unspecified atom stereocenters. The van der Waals surface area contributed by atoms with Crippen LogP contribution in [0.25, 0.3) is 0 Å². The summed E-state index contributed by atoms with van der Waals surface area (Å²) in [6.07, 6.45) is 0. The highest BCUT2D eigenvalue weighted by atomic mass is 16.2. The summed E-state index contributed by atoms with van der Waals surface area (Å²) in [7, 11) is 0. The number of nitrogen functional groups attached to an aromatic ring is 1. The van der Waals surface area contributed by atoms with Crippen LogP contribution in [0.3, 0.4) is 0 Å². The first-order chi connectivity index (χ1) is 15.3. The minimum absolute atomic E-state index is 0.0223. The number of amides is 2. The fourth-order valence-electron chi connectivity index (χ4n) is 3.21. The fourth-order valence-corrected chi connectivity index (χ4v) is 3.21. The molecular formula is C25H27N5O2. The van der Waals surface area contributed by atoms with Gasteiger partial charge in [-0.1, -0.05) is 48.0 Å². The van der Waals surface area contributed by atoms with Crippen LogP contribution in [-0.4, -0.2) is 24.2 Å². The van der Waals surface area contributed by atoms with Crippen LogP contribution in [-0.2, 0) is 11.3 Å². The second-order valence-electron chi connectivity index (χ2n) is 7.55. The van der Waals surface area contributed by atoms with Crippen molar-refractivity contribution in [3.05, 3.63) is 94.5 Å². The lowest BCUT2D eigenvalue weighted by Crippen LogP contribution is -2.25. The van der Waals surface area contributed by atoms with E-state index in [1.54, 1.807) is 24.3 Å². The highest BCUT2D eigenvalue weighted by molar-refractivity contribution is 5.97. The zero-order valence-corrected chi connectivity index (χ0v) is 18.2. The molecule has 0 saturated heterocycles. The highest BCUT2D eigenvalue weighted by Gasteiger charge is 2.11. The van der Waals surface area contributed by atoms with Gasteiger partial charge in [0.15, 0.2) is 0 Å². The van der Waals surface area contributed by atoms with E-state index in [0.717, 1.165) is 22.4 Å². The minimum atomic E-state index is -0.206. The first kappa shape index (κ1) is 22.6. The molecule has 0 aliphatic rings. The van der Waals surface area contributed by atoms with Crippen LogP contribution in [0.1, 0.15) is 32.6 Å². The molecule has 0 heterocycles. The molecule has 0 fully saturated rings. The van der Waals surface area contributed by atoms with Gasteiger partial charge in [0, 0.05) is 29.0 Å². The van der Waals surface area contributed by atoms with Crippen molar-refractivity contribution in [2.45, 2.75) is 20.4 Å². The molecule has 3 rings (SSSR count). The molecule has 0 aliphatic heterocycles. The number of rotatable bonds is 8. The van der Waals surface area contributed by atoms with Crippen LogP contribution >= 0.6 is 0 Å². The Morgan fingerprint density at radius 2 is 1.69 bits per heavy atom. The topological polar surface area (TPSA) is 120 Å². The Bertz CT molecular complexity index is 1160. The molecule has 0 spiro atoms. The van der Waals surface area contributed by atoms with Gasteiger partial charge in [-0.05, 0) is 49.2 Å². The Morgan fingerprint density at radius 1 is 0.906 bits per heavy atom. The van der Waals surface area contributed by atoms with Gasteiger partial charge in [-0.25, -0.2) is 0 Å². The summed E-state index contributed by atoms with van der Waals surface area (Å²) >= 11 is 0. The number of amidine groups is 1. The quantitative estimate of drug-likeness (QED) is 0.278. The zero-order valence-electron chi connectivity index (χ0n) is 18.2. The summed E-state index contributed by atoms with van der Waals surface area (Å²) in [5.74, 6) is -0.470. The third-order valence-electron chi connectivity index (χ3n) is 5.00. The molecule has 164 valence electrons. The number of nitrogens with two attached hydrogens (primary N) is 1. The molecule has 0 aliphatic carbocycles. The molecule has 0 bridgehead atoms. The molecule has 0 atom stereocenters. The summed E-state index contributed by atoms with van der Waals surface area (Å²) in [6, 6.07) is 20.1. The smallest absolute Gasteiger partial charge is 0.251 e. The standard InChI is InChI=1S/C25H27N5O2/c1-16-6-5-8-19(12-16)25(32)29-14-20-11-10-18(24(26)27)13-22(20)28-15-23(31)30-21-9-4-3-7-17(21)2/h3-13,28H,14-15H2,1-2H3,(H3,26,27)(H,29,32)(H,30,31). The SMILES string of the molecule is Cc1cccc(C(=O)NCc2ccc(C(=N)N)cc2NCC(=O)Nc2ccccc2C)c1. The van der Waals surface area contributed by atoms with Gasteiger partial charge in [-0.3, -0.25) is 15.0 Å². The van der Waals surface area contributed by atoms with Gasteiger partial charge in [0.1, 0.15) is 5.84 Å². The number of benzene rings is 3. The Labute approximate surface area is 187 Å². The third-order valence-corrected chi connectivity index (χ3v) is 5.00. The van der Waals surface area contributed by atoms with Crippen molar-refractivity contribution in [3.8, 4) is 0 Å². The number of nitrogens with one attached hydrogen (secondary N) is 4. The van der Waals surface area contributed by atoms with Gasteiger partial charge in [0.2, 0.25) is 5.91 Å². The maximum Gasteiger partial charge on any atom is 0.251 e. The van der Waals surface area contributed by atoms with Gasteiger partial charge < -0.3 is 21.7 Å². The van der Waals surface area contributed by atoms with Crippen molar-refractivity contribution < 1.29 is 9.59 Å². The Balaban J connectivity index is 1.70. The van der Waals surface area contributed by atoms with E-state index < -0.39 is 0 Å². The van der Waals surface area contributed by atoms with E-state index in [1.165, 1.54) is 0 Å². The minimum Gasteiger partial charge on any atom is -0.384 e. The van der Waals surface area contributed by atoms with Crippen molar-refractivity contribution in [2.75, 3.05) is 17.2 Å². The van der Waals surface area contributed by atoms with Gasteiger partial charge in [-0.2, -0.15) is 0 Å². The largest absolute Gasteiger partial charge is 0.384 e. The summed E-state index contributed by atoms with van der Waals surface area (Å²) in [4.78, 5) is 24.9. The molecule has 0 saturated carbocycles. The summed E-state index contributed by atoms with van der Waals surface area (Å²) < 4.78 is 0. The van der Waals surface area contributed by atoms with Gasteiger partial charge in [-0.15, -0.1) is 0 Å². The second-order valence-corrected chi connectivity index (χ2v) is 7.55. The number of anilines is 2. The van der Waals surface area contributed by atoms with E-state index in [-0.39, 0.29) is 30.7 Å². The highest BCUT2D eigenvalue weighted by Crippen LogP contribution is 2.19. The molecule has 6 N–H and O–H groups in total. The van der Waals surface area contributed by atoms with Crippen LogP contribution in [0.5, 0.6) is 0 Å². The van der Waals surface area contributed by atoms with E-state index in [1.807, 2.05) is 56.3 Å². The van der Waals surface area contributed by atoms with Gasteiger partial charge >= 0.3 is 0 Å². The first-order valence-electron chi connectivity index (χ1n) is 10.2. The van der Waals surface area contributed by atoms with Crippen molar-refractivity contribution in [1.29, 1.82) is 5.41 Å². The van der Waals surface area contributed by atoms with Crippen molar-refractivity contribution in [3.63, 3.8) is 0 Å². The van der Waals surface area contributed by atoms with Crippen LogP contribution < -0.4 is 21.7 Å². The zero-order chi connectivity index (χ0) is 23.1. The molecular weight excluding hydrogens is 402 g/mol. The lowest BCUT2D eigenvalue weighted by Gasteiger charge is -2.15. The van der Waals surface area contributed by atoms with Crippen molar-refractivity contribution in [2.24, 2.45) is 5.73 Å². The Kier molecular flexibility index (Phi) is 7.23. The van der Waals surface area contributed by atoms with Gasteiger partial charge in [0.05, 0.1) is 6.54 Å². The molecule has 32 heavy (non-hydrogen) atoms. The molecule has 2 amide bonds. The van der Waals surface area contributed by atoms with E-state index in [0.29, 0.717) is 16.8 Å². The number of hydrogen-bond acceptors (Lipinski definition) is 4. The molecule has 3 aromatic carbocycles.